The summed E-state index contributed by atoms with van der Waals surface area (Å²) in [7, 11) is 2.06. The van der Waals surface area contributed by atoms with Gasteiger partial charge in [0.1, 0.15) is 0 Å². The summed E-state index contributed by atoms with van der Waals surface area (Å²) in [5.41, 5.74) is 0. The molecule has 3 unspecified atom stereocenters. The zero-order valence-corrected chi connectivity index (χ0v) is 11.6. The molecule has 0 aromatic rings. The monoisotopic (exact) mass is 227 g/mol. The third-order valence-corrected chi connectivity index (χ3v) is 3.79. The molecule has 96 valence electrons. The van der Waals surface area contributed by atoms with Gasteiger partial charge in [-0.15, -0.1) is 0 Å². The van der Waals surface area contributed by atoms with Crippen molar-refractivity contribution in [3.8, 4) is 0 Å². The van der Waals surface area contributed by atoms with Crippen molar-refractivity contribution in [2.24, 2.45) is 17.8 Å². The third-order valence-electron chi connectivity index (χ3n) is 3.79. The molecule has 1 rings (SSSR count). The molecule has 0 bridgehead atoms. The van der Waals surface area contributed by atoms with Crippen molar-refractivity contribution in [2.75, 3.05) is 13.7 Å². The summed E-state index contributed by atoms with van der Waals surface area (Å²) in [6, 6.07) is 0.564. The number of hydrogen-bond donors (Lipinski definition) is 1. The van der Waals surface area contributed by atoms with Crippen LogP contribution in [0.5, 0.6) is 0 Å². The fraction of sp³-hybridized carbons (Fsp3) is 1.00. The molecular weight excluding hydrogens is 198 g/mol. The average Bonchev–Trinajstić information content (AvgIpc) is 2.25. The van der Waals surface area contributed by atoms with E-state index >= 15 is 0 Å². The largest absolute Gasteiger partial charge is 0.376 e. The van der Waals surface area contributed by atoms with Gasteiger partial charge in [0.05, 0.1) is 6.10 Å². The Morgan fingerprint density at radius 3 is 2.38 bits per heavy atom. The van der Waals surface area contributed by atoms with E-state index in [1.54, 1.807) is 0 Å². The van der Waals surface area contributed by atoms with Crippen LogP contribution in [-0.2, 0) is 4.74 Å². The quantitative estimate of drug-likeness (QED) is 0.779. The van der Waals surface area contributed by atoms with Crippen molar-refractivity contribution in [3.63, 3.8) is 0 Å². The Kier molecular flexibility index (Phi) is 5.77. The van der Waals surface area contributed by atoms with Gasteiger partial charge in [-0.1, -0.05) is 27.7 Å². The van der Waals surface area contributed by atoms with E-state index in [1.165, 1.54) is 19.3 Å². The van der Waals surface area contributed by atoms with Crippen molar-refractivity contribution in [1.82, 2.24) is 5.32 Å². The van der Waals surface area contributed by atoms with Crippen molar-refractivity contribution < 1.29 is 4.74 Å². The Hall–Kier alpha value is -0.0800. The highest BCUT2D eigenvalue weighted by molar-refractivity contribution is 4.86. The van der Waals surface area contributed by atoms with Crippen LogP contribution in [0.15, 0.2) is 0 Å². The maximum atomic E-state index is 6.07. The van der Waals surface area contributed by atoms with Gasteiger partial charge in [-0.05, 0) is 44.1 Å². The normalized spacial score (nSPS) is 31.3. The first-order valence-electron chi connectivity index (χ1n) is 6.83. The van der Waals surface area contributed by atoms with E-state index in [1.807, 2.05) is 0 Å². The highest BCUT2D eigenvalue weighted by atomic mass is 16.5. The second-order valence-corrected chi connectivity index (χ2v) is 5.98. The second kappa shape index (κ2) is 6.61. The minimum absolute atomic E-state index is 0.425. The van der Waals surface area contributed by atoms with Gasteiger partial charge in [0, 0.05) is 12.6 Å². The van der Waals surface area contributed by atoms with Crippen LogP contribution in [0.25, 0.3) is 0 Å². The molecule has 0 amide bonds. The van der Waals surface area contributed by atoms with Gasteiger partial charge < -0.3 is 10.1 Å². The van der Waals surface area contributed by atoms with Crippen LogP contribution >= 0.6 is 0 Å². The molecule has 1 aliphatic rings. The van der Waals surface area contributed by atoms with E-state index in [2.05, 4.69) is 40.1 Å². The Morgan fingerprint density at radius 1 is 1.19 bits per heavy atom. The number of rotatable bonds is 5. The van der Waals surface area contributed by atoms with Gasteiger partial charge in [0.15, 0.2) is 0 Å². The molecule has 0 heterocycles. The number of nitrogens with one attached hydrogen (secondary N) is 1. The third kappa shape index (κ3) is 4.06. The molecule has 3 atom stereocenters. The molecule has 1 fully saturated rings. The lowest BCUT2D eigenvalue weighted by Crippen LogP contribution is -2.45. The molecule has 2 nitrogen and oxygen atoms in total. The smallest absolute Gasteiger partial charge is 0.0730 e. The van der Waals surface area contributed by atoms with Gasteiger partial charge in [-0.3, -0.25) is 0 Å². The molecule has 0 aliphatic heterocycles. The Morgan fingerprint density at radius 2 is 1.88 bits per heavy atom. The molecule has 1 saturated carbocycles. The van der Waals surface area contributed by atoms with E-state index in [0.717, 1.165) is 18.4 Å². The molecule has 2 heteroatoms. The Bertz CT molecular complexity index is 191. The SMILES string of the molecule is CNC1CCC(C(C)C)CC1OCC(C)C. The van der Waals surface area contributed by atoms with Crippen LogP contribution in [0.2, 0.25) is 0 Å². The van der Waals surface area contributed by atoms with Crippen molar-refractivity contribution in [3.05, 3.63) is 0 Å². The number of ether oxygens (including phenoxy) is 1. The maximum absolute atomic E-state index is 6.07. The Balaban J connectivity index is 2.46. The number of hydrogen-bond acceptors (Lipinski definition) is 2. The Labute approximate surface area is 101 Å². The van der Waals surface area contributed by atoms with E-state index in [0.29, 0.717) is 18.1 Å². The number of likely N-dealkylation sites (N-methyl/N-ethyl adjacent to an activating group) is 1. The minimum atomic E-state index is 0.425. The first kappa shape index (κ1) is 14.0. The van der Waals surface area contributed by atoms with Crippen molar-refractivity contribution in [2.45, 2.75) is 59.1 Å². The maximum Gasteiger partial charge on any atom is 0.0730 e. The van der Waals surface area contributed by atoms with Crippen molar-refractivity contribution >= 4 is 0 Å². The van der Waals surface area contributed by atoms with Crippen LogP contribution in [0.4, 0.5) is 0 Å². The molecule has 1 N–H and O–H groups in total. The van der Waals surface area contributed by atoms with Crippen LogP contribution in [-0.4, -0.2) is 25.8 Å². The molecule has 1 aliphatic carbocycles. The first-order valence-corrected chi connectivity index (χ1v) is 6.83. The summed E-state index contributed by atoms with van der Waals surface area (Å²) < 4.78 is 6.07. The summed E-state index contributed by atoms with van der Waals surface area (Å²) in [6.45, 7) is 10.0. The summed E-state index contributed by atoms with van der Waals surface area (Å²) >= 11 is 0. The van der Waals surface area contributed by atoms with Crippen molar-refractivity contribution in [1.29, 1.82) is 0 Å². The topological polar surface area (TPSA) is 21.3 Å². The zero-order valence-electron chi connectivity index (χ0n) is 11.6. The summed E-state index contributed by atoms with van der Waals surface area (Å²) in [4.78, 5) is 0. The van der Waals surface area contributed by atoms with Gasteiger partial charge >= 0.3 is 0 Å². The van der Waals surface area contributed by atoms with Crippen LogP contribution in [0, 0.1) is 17.8 Å². The lowest BCUT2D eigenvalue weighted by Gasteiger charge is -2.37. The molecule has 0 saturated heterocycles. The molecule has 0 aromatic heterocycles. The second-order valence-electron chi connectivity index (χ2n) is 5.98. The summed E-state index contributed by atoms with van der Waals surface area (Å²) in [6.07, 6.45) is 4.27. The van der Waals surface area contributed by atoms with E-state index < -0.39 is 0 Å². The van der Waals surface area contributed by atoms with Gasteiger partial charge in [-0.25, -0.2) is 0 Å². The predicted octanol–water partition coefficient (Wildman–Crippen LogP) is 3.07. The molecular formula is C14H29NO. The lowest BCUT2D eigenvalue weighted by atomic mass is 9.78. The zero-order chi connectivity index (χ0) is 12.1. The summed E-state index contributed by atoms with van der Waals surface area (Å²) in [5, 5.41) is 3.41. The molecule has 16 heavy (non-hydrogen) atoms. The molecule has 0 radical (unpaired) electrons. The van der Waals surface area contributed by atoms with E-state index in [9.17, 15) is 0 Å². The average molecular weight is 227 g/mol. The van der Waals surface area contributed by atoms with Gasteiger partial charge in [-0.2, -0.15) is 0 Å². The fourth-order valence-corrected chi connectivity index (χ4v) is 2.60. The standard InChI is InChI=1S/C14H29NO/c1-10(2)9-16-14-8-12(11(3)4)6-7-13(14)15-5/h10-15H,6-9H2,1-5H3. The minimum Gasteiger partial charge on any atom is -0.376 e. The van der Waals surface area contributed by atoms with E-state index in [-0.39, 0.29) is 0 Å². The van der Waals surface area contributed by atoms with E-state index in [4.69, 9.17) is 4.74 Å². The highest BCUT2D eigenvalue weighted by Gasteiger charge is 2.31. The summed E-state index contributed by atoms with van der Waals surface area (Å²) in [5.74, 6) is 2.28. The van der Waals surface area contributed by atoms with Crippen LogP contribution < -0.4 is 5.32 Å². The fourth-order valence-electron chi connectivity index (χ4n) is 2.60. The molecule has 0 aromatic carbocycles. The first-order chi connectivity index (χ1) is 7.54. The van der Waals surface area contributed by atoms with Gasteiger partial charge in [0.25, 0.3) is 0 Å². The lowest BCUT2D eigenvalue weighted by molar-refractivity contribution is -0.0255. The van der Waals surface area contributed by atoms with Gasteiger partial charge in [0.2, 0.25) is 0 Å². The molecule has 0 spiro atoms. The van der Waals surface area contributed by atoms with Crippen LogP contribution in [0.3, 0.4) is 0 Å². The van der Waals surface area contributed by atoms with Crippen LogP contribution in [0.1, 0.15) is 47.0 Å². The predicted molar refractivity (Wildman–Crippen MR) is 69.6 cm³/mol. The highest BCUT2D eigenvalue weighted by Crippen LogP contribution is 2.31.